The van der Waals surface area contributed by atoms with Crippen molar-refractivity contribution in [2.75, 3.05) is 5.32 Å². The lowest BCUT2D eigenvalue weighted by Crippen LogP contribution is -1.99. The van der Waals surface area contributed by atoms with Crippen molar-refractivity contribution >= 4 is 17.3 Å². The molecule has 15 heavy (non-hydrogen) atoms. The summed E-state index contributed by atoms with van der Waals surface area (Å²) in [6, 6.07) is 11.9. The third-order valence-corrected chi connectivity index (χ3v) is 2.15. The molecule has 0 fully saturated rings. The lowest BCUT2D eigenvalue weighted by atomic mass is 10.2. The van der Waals surface area contributed by atoms with E-state index in [2.05, 4.69) is 27.6 Å². The van der Waals surface area contributed by atoms with E-state index in [1.807, 2.05) is 18.2 Å². The van der Waals surface area contributed by atoms with Crippen LogP contribution in [0.3, 0.4) is 0 Å². The monoisotopic (exact) mass is 219 g/mol. The van der Waals surface area contributed by atoms with Crippen molar-refractivity contribution < 1.29 is 0 Å². The van der Waals surface area contributed by atoms with Gasteiger partial charge in [-0.2, -0.15) is 5.10 Å². The molecule has 76 valence electrons. The Morgan fingerprint density at radius 3 is 2.73 bits per heavy atom. The number of hydrogen-bond acceptors (Lipinski definition) is 3. The minimum atomic E-state index is 0.396. The zero-order valence-corrected chi connectivity index (χ0v) is 8.78. The van der Waals surface area contributed by atoms with E-state index in [0.29, 0.717) is 5.15 Å². The maximum atomic E-state index is 5.71. The van der Waals surface area contributed by atoms with E-state index in [0.717, 1.165) is 12.2 Å². The Morgan fingerprint density at radius 1 is 1.20 bits per heavy atom. The van der Waals surface area contributed by atoms with Crippen LogP contribution in [-0.2, 0) is 6.54 Å². The number of hydrogen-bond donors (Lipinski definition) is 1. The Morgan fingerprint density at radius 2 is 2.00 bits per heavy atom. The molecule has 4 heteroatoms. The van der Waals surface area contributed by atoms with E-state index in [-0.39, 0.29) is 0 Å². The first-order chi connectivity index (χ1) is 7.34. The van der Waals surface area contributed by atoms with Crippen LogP contribution in [-0.4, -0.2) is 10.2 Å². The molecule has 0 aliphatic rings. The van der Waals surface area contributed by atoms with Crippen molar-refractivity contribution in [2.45, 2.75) is 6.54 Å². The standard InChI is InChI=1S/C11H10ClN3/c12-11-6-10(8-14-15-11)13-7-9-4-2-1-3-5-9/h1-6,8H,7H2,(H,13,15). The maximum Gasteiger partial charge on any atom is 0.153 e. The van der Waals surface area contributed by atoms with Crippen LogP contribution < -0.4 is 5.32 Å². The summed E-state index contributed by atoms with van der Waals surface area (Å²) in [7, 11) is 0. The van der Waals surface area contributed by atoms with Crippen LogP contribution in [0.15, 0.2) is 42.6 Å². The number of halogens is 1. The summed E-state index contributed by atoms with van der Waals surface area (Å²) >= 11 is 5.71. The van der Waals surface area contributed by atoms with E-state index in [4.69, 9.17) is 11.6 Å². The SMILES string of the molecule is Clc1cc(NCc2ccccc2)cnn1. The highest BCUT2D eigenvalue weighted by molar-refractivity contribution is 6.29. The average Bonchev–Trinajstić information content (AvgIpc) is 2.28. The summed E-state index contributed by atoms with van der Waals surface area (Å²) in [5, 5.41) is 11.0. The van der Waals surface area contributed by atoms with E-state index in [1.165, 1.54) is 5.56 Å². The molecule has 3 nitrogen and oxygen atoms in total. The molecular weight excluding hydrogens is 210 g/mol. The second kappa shape index (κ2) is 4.75. The third kappa shape index (κ3) is 2.92. The molecule has 1 N–H and O–H groups in total. The number of anilines is 1. The fourth-order valence-corrected chi connectivity index (χ4v) is 1.40. The first-order valence-corrected chi connectivity index (χ1v) is 4.98. The summed E-state index contributed by atoms with van der Waals surface area (Å²) in [4.78, 5) is 0. The highest BCUT2D eigenvalue weighted by Crippen LogP contribution is 2.11. The average molecular weight is 220 g/mol. The van der Waals surface area contributed by atoms with Crippen molar-refractivity contribution in [1.29, 1.82) is 0 Å². The zero-order valence-electron chi connectivity index (χ0n) is 8.02. The summed E-state index contributed by atoms with van der Waals surface area (Å²) in [6.07, 6.45) is 1.65. The molecule has 0 bridgehead atoms. The highest BCUT2D eigenvalue weighted by Gasteiger charge is 1.95. The predicted octanol–water partition coefficient (Wildman–Crippen LogP) is 2.74. The van der Waals surface area contributed by atoms with Crippen molar-refractivity contribution in [3.8, 4) is 0 Å². The molecule has 1 heterocycles. The van der Waals surface area contributed by atoms with Gasteiger partial charge in [0.2, 0.25) is 0 Å². The maximum absolute atomic E-state index is 5.71. The Kier molecular flexibility index (Phi) is 3.15. The second-order valence-electron chi connectivity index (χ2n) is 3.11. The summed E-state index contributed by atoms with van der Waals surface area (Å²) in [5.41, 5.74) is 2.09. The van der Waals surface area contributed by atoms with Gasteiger partial charge in [-0.15, -0.1) is 5.10 Å². The Bertz CT molecular complexity index is 431. The Balaban J connectivity index is 1.99. The van der Waals surface area contributed by atoms with Crippen molar-refractivity contribution in [3.05, 3.63) is 53.3 Å². The normalized spacial score (nSPS) is 9.93. The molecule has 0 aliphatic heterocycles. The van der Waals surface area contributed by atoms with Crippen LogP contribution in [0.25, 0.3) is 0 Å². The number of benzene rings is 1. The number of nitrogens with zero attached hydrogens (tertiary/aromatic N) is 2. The smallest absolute Gasteiger partial charge is 0.153 e. The van der Waals surface area contributed by atoms with Crippen molar-refractivity contribution in [1.82, 2.24) is 10.2 Å². The molecule has 0 spiro atoms. The molecule has 0 saturated heterocycles. The fourth-order valence-electron chi connectivity index (χ4n) is 1.24. The molecule has 0 aliphatic carbocycles. The molecule has 1 aromatic heterocycles. The van der Waals surface area contributed by atoms with Gasteiger partial charge in [-0.1, -0.05) is 41.9 Å². The van der Waals surface area contributed by atoms with Gasteiger partial charge in [0.15, 0.2) is 5.15 Å². The Labute approximate surface area is 93.1 Å². The molecular formula is C11H10ClN3. The van der Waals surface area contributed by atoms with Crippen molar-refractivity contribution in [3.63, 3.8) is 0 Å². The van der Waals surface area contributed by atoms with Crippen LogP contribution in [0.5, 0.6) is 0 Å². The Hall–Kier alpha value is -1.61. The van der Waals surface area contributed by atoms with Gasteiger partial charge in [0.25, 0.3) is 0 Å². The van der Waals surface area contributed by atoms with Gasteiger partial charge in [0.1, 0.15) is 0 Å². The third-order valence-electron chi connectivity index (χ3n) is 1.96. The van der Waals surface area contributed by atoms with Crippen LogP contribution in [0.4, 0.5) is 5.69 Å². The van der Waals surface area contributed by atoms with Crippen molar-refractivity contribution in [2.24, 2.45) is 0 Å². The van der Waals surface area contributed by atoms with Crippen LogP contribution in [0.2, 0.25) is 5.15 Å². The van der Waals surface area contributed by atoms with Gasteiger partial charge in [0, 0.05) is 12.6 Å². The van der Waals surface area contributed by atoms with Gasteiger partial charge in [-0.25, -0.2) is 0 Å². The molecule has 0 saturated carbocycles. The van der Waals surface area contributed by atoms with E-state index < -0.39 is 0 Å². The molecule has 0 amide bonds. The molecule has 1 aromatic carbocycles. The summed E-state index contributed by atoms with van der Waals surface area (Å²) in [5.74, 6) is 0. The first-order valence-electron chi connectivity index (χ1n) is 4.60. The molecule has 0 unspecified atom stereocenters. The molecule has 2 rings (SSSR count). The molecule has 2 aromatic rings. The predicted molar refractivity (Wildman–Crippen MR) is 60.8 cm³/mol. The van der Waals surface area contributed by atoms with E-state index in [1.54, 1.807) is 12.3 Å². The lowest BCUT2D eigenvalue weighted by Gasteiger charge is -2.05. The van der Waals surface area contributed by atoms with Gasteiger partial charge >= 0.3 is 0 Å². The minimum Gasteiger partial charge on any atom is -0.380 e. The van der Waals surface area contributed by atoms with E-state index in [9.17, 15) is 0 Å². The summed E-state index contributed by atoms with van der Waals surface area (Å²) in [6.45, 7) is 0.753. The van der Waals surface area contributed by atoms with Crippen LogP contribution in [0, 0.1) is 0 Å². The van der Waals surface area contributed by atoms with Crippen LogP contribution in [0.1, 0.15) is 5.56 Å². The number of rotatable bonds is 3. The summed E-state index contributed by atoms with van der Waals surface area (Å²) < 4.78 is 0. The zero-order chi connectivity index (χ0) is 10.5. The number of aromatic nitrogens is 2. The molecule has 0 atom stereocenters. The minimum absolute atomic E-state index is 0.396. The number of nitrogens with one attached hydrogen (secondary N) is 1. The second-order valence-corrected chi connectivity index (χ2v) is 3.49. The van der Waals surface area contributed by atoms with Gasteiger partial charge in [0.05, 0.1) is 11.9 Å². The fraction of sp³-hybridized carbons (Fsp3) is 0.0909. The van der Waals surface area contributed by atoms with Gasteiger partial charge in [-0.3, -0.25) is 0 Å². The quantitative estimate of drug-likeness (QED) is 0.863. The van der Waals surface area contributed by atoms with Gasteiger partial charge < -0.3 is 5.32 Å². The lowest BCUT2D eigenvalue weighted by molar-refractivity contribution is 1.02. The van der Waals surface area contributed by atoms with Crippen LogP contribution >= 0.6 is 11.6 Å². The first kappa shape index (κ1) is 9.93. The van der Waals surface area contributed by atoms with Gasteiger partial charge in [-0.05, 0) is 5.56 Å². The highest BCUT2D eigenvalue weighted by atomic mass is 35.5. The molecule has 0 radical (unpaired) electrons. The largest absolute Gasteiger partial charge is 0.380 e. The topological polar surface area (TPSA) is 37.8 Å². The van der Waals surface area contributed by atoms with E-state index >= 15 is 0 Å².